The van der Waals surface area contributed by atoms with E-state index >= 15 is 0 Å². The van der Waals surface area contributed by atoms with E-state index in [1.54, 1.807) is 12.3 Å². The number of nitrogens with zero attached hydrogens (tertiary/aromatic N) is 5. The Balaban J connectivity index is 0.000000550. The van der Waals surface area contributed by atoms with Gasteiger partial charge in [0.1, 0.15) is 23.0 Å². The number of aliphatic imine (C=N–C) groups is 4. The van der Waals surface area contributed by atoms with Crippen LogP contribution >= 0.6 is 68.1 Å². The standard InChI is InChI=1S/C30H43NO.2C25H41NO.C24H38N2O3.8ClH.4Zr/c1-3-28(4-2)31-23-27-21-26(24-17-15-12-16-18-24)22-29(30(27)32)25-19-13-10-8-6-5-7-9-11-14-20-25;1-4-23(5-2)26-19-22-17-20(3)18-24(25(22)27)21-15-13-11-9-7-6-8-10-12-14-16-21;1-4-22(5-2)26-19-24-20(3)17-18-23(25(24)27)21-15-13-11-9-7-6-8-10-12-14-16-21;1-3-21(4-2)25-18-20-16-22(26(28)29)17-23(24(20)27)19-14-12-10-8-6-5-7-9-11-13-15-19;;;;;;;;;;;;/h12,15-18,21-23,25,28,32H,3-11,13-14,19-20H2,1-2H3;17-19,21,23,27H,4-16H2,1-3H3;17-19,21-22,27H,4-16H2,1-3H3;16-19,21,27H,3-15H2,1-2H3;8*1H;;;;/q;;;;;;;;;;;;4*+2/p-8. The Hall–Kier alpha value is -0.768. The molecule has 0 spiro atoms. The summed E-state index contributed by atoms with van der Waals surface area (Å²) in [5, 5.41) is 56.0. The summed E-state index contributed by atoms with van der Waals surface area (Å²) in [6.07, 6.45) is 72.3. The number of non-ortho nitro benzene ring substituents is 1. The molecular formula is C104H163Cl8N5O6Zr4. The normalized spacial score (nSPS) is 16.8. The number of rotatable bonds is 22. The fourth-order valence-corrected chi connectivity index (χ4v) is 18.2. The Labute approximate surface area is 847 Å². The van der Waals surface area contributed by atoms with E-state index < -0.39 is 83.4 Å². The van der Waals surface area contributed by atoms with E-state index in [4.69, 9.17) is 83.1 Å². The van der Waals surface area contributed by atoms with Crippen LogP contribution in [0.3, 0.4) is 0 Å². The number of hydrogen-bond acceptors (Lipinski definition) is 10. The van der Waals surface area contributed by atoms with Crippen molar-refractivity contribution >= 4 is 98.6 Å². The predicted molar refractivity (Wildman–Crippen MR) is 543 cm³/mol. The van der Waals surface area contributed by atoms with Crippen LogP contribution in [0.25, 0.3) is 11.1 Å². The molecule has 0 saturated heterocycles. The molecule has 0 radical (unpaired) electrons. The quantitative estimate of drug-likeness (QED) is 0.0305. The van der Waals surface area contributed by atoms with Gasteiger partial charge in [0, 0.05) is 89.0 Å². The van der Waals surface area contributed by atoms with E-state index in [-0.39, 0.29) is 28.3 Å². The molecule has 5 aromatic rings. The van der Waals surface area contributed by atoms with Gasteiger partial charge in [0.25, 0.3) is 5.69 Å². The third-order valence-corrected chi connectivity index (χ3v) is 26.1. The number of nitro benzene ring substituents is 1. The van der Waals surface area contributed by atoms with Crippen LogP contribution in [0.15, 0.2) is 98.8 Å². The minimum atomic E-state index is -0.826. The SMILES string of the molecule is CCC(CC)N=Cc1c(C)ccc(C2CCCCCCCCCCC2)c1O.CCC(CC)N=Cc1cc(-c2ccccc2)cc(C2CCCCCCCCCCC2)c1O.CCC(CC)N=Cc1cc(C)cc(C2CCCCCCCCCCC2)c1O.CCC(CC)N=Cc1cc([N+](=O)[O-])cc(C2CCCCCCCCCCC2)c1O.[Cl][Zr][Cl].[Cl][Zr][Cl].[Cl][Zr][Cl].[Cl][Zr][Cl]. The molecule has 11 nitrogen and oxygen atoms in total. The Morgan fingerprint density at radius 3 is 0.866 bits per heavy atom. The van der Waals surface area contributed by atoms with Crippen LogP contribution < -0.4 is 0 Å². The Morgan fingerprint density at radius 1 is 0.323 bits per heavy atom. The molecular weight excluding hydrogens is 2060 g/mol. The van der Waals surface area contributed by atoms with Gasteiger partial charge in [0.05, 0.1) is 4.92 Å². The zero-order valence-corrected chi connectivity index (χ0v) is 95.4. The molecule has 23 heteroatoms. The maximum atomic E-state index is 11.5. The molecule has 5 aromatic carbocycles. The molecule has 0 atom stereocenters. The Bertz CT molecular complexity index is 3650. The first-order valence-corrected chi connectivity index (χ1v) is 74.7. The van der Waals surface area contributed by atoms with Crippen molar-refractivity contribution in [3.05, 3.63) is 145 Å². The van der Waals surface area contributed by atoms with Crippen molar-refractivity contribution in [1.82, 2.24) is 0 Å². The van der Waals surface area contributed by atoms with Crippen LogP contribution in [-0.4, -0.2) is 74.4 Å². The van der Waals surface area contributed by atoms with Gasteiger partial charge in [-0.15, -0.1) is 0 Å². The number of phenolic OH excluding ortho intramolecular Hbond substituents is 4. The van der Waals surface area contributed by atoms with Gasteiger partial charge in [-0.3, -0.25) is 30.1 Å². The van der Waals surface area contributed by atoms with E-state index in [0.717, 1.165) is 122 Å². The summed E-state index contributed by atoms with van der Waals surface area (Å²) in [5.41, 5.74) is 12.2. The molecule has 4 saturated carbocycles. The first-order chi connectivity index (χ1) is 61.8. The van der Waals surface area contributed by atoms with Gasteiger partial charge in [-0.1, -0.05) is 335 Å². The van der Waals surface area contributed by atoms with E-state index in [9.17, 15) is 30.5 Å². The van der Waals surface area contributed by atoms with Crippen molar-refractivity contribution in [3.8, 4) is 34.1 Å². The molecule has 127 heavy (non-hydrogen) atoms. The average Bonchev–Trinajstić information content (AvgIpc) is 0.826. The van der Waals surface area contributed by atoms with Gasteiger partial charge in [0.15, 0.2) is 0 Å². The summed E-state index contributed by atoms with van der Waals surface area (Å²) in [5.74, 6) is 3.19. The van der Waals surface area contributed by atoms with Gasteiger partial charge in [-0.2, -0.15) is 0 Å². The predicted octanol–water partition coefficient (Wildman–Crippen LogP) is 37.3. The van der Waals surface area contributed by atoms with Gasteiger partial charge >= 0.3 is 151 Å². The monoisotopic (exact) mass is 2220 g/mol. The van der Waals surface area contributed by atoms with Gasteiger partial charge in [-0.25, -0.2) is 0 Å². The van der Waals surface area contributed by atoms with Crippen LogP contribution in [0, 0.1) is 24.0 Å². The van der Waals surface area contributed by atoms with E-state index in [1.807, 2.05) is 18.6 Å². The summed E-state index contributed by atoms with van der Waals surface area (Å²) >= 11 is -3.30. The maximum absolute atomic E-state index is 11.5. The van der Waals surface area contributed by atoms with Crippen LogP contribution in [0.2, 0.25) is 0 Å². The number of hydrogen-bond donors (Lipinski definition) is 4. The van der Waals surface area contributed by atoms with Crippen molar-refractivity contribution in [2.75, 3.05) is 0 Å². The molecule has 0 heterocycles. The number of aromatic hydroxyl groups is 4. The topological polar surface area (TPSA) is 174 Å². The summed E-state index contributed by atoms with van der Waals surface area (Å²) in [6.45, 7) is 21.5. The van der Waals surface area contributed by atoms with Crippen LogP contribution in [0.4, 0.5) is 5.69 Å². The molecule has 0 aliphatic heterocycles. The van der Waals surface area contributed by atoms with Gasteiger partial charge in [-0.05, 0) is 197 Å². The van der Waals surface area contributed by atoms with Crippen LogP contribution in [0.5, 0.6) is 23.0 Å². The number of phenols is 4. The molecule has 0 amide bonds. The van der Waals surface area contributed by atoms with Crippen LogP contribution in [-0.2, 0) is 83.4 Å². The molecule has 0 unspecified atom stereocenters. The van der Waals surface area contributed by atoms with E-state index in [0.29, 0.717) is 58.7 Å². The first kappa shape index (κ1) is 122. The summed E-state index contributed by atoms with van der Waals surface area (Å²) < 4.78 is 0. The third-order valence-electron chi connectivity index (χ3n) is 26.1. The zero-order valence-electron chi connectivity index (χ0n) is 79.6. The van der Waals surface area contributed by atoms with Crippen molar-refractivity contribution in [1.29, 1.82) is 0 Å². The Kier molecular flexibility index (Phi) is 78.2. The van der Waals surface area contributed by atoms with E-state index in [1.165, 1.54) is 280 Å². The summed E-state index contributed by atoms with van der Waals surface area (Å²) in [6, 6.07) is 27.9. The molecule has 0 bridgehead atoms. The second-order valence-electron chi connectivity index (χ2n) is 35.2. The van der Waals surface area contributed by atoms with Crippen LogP contribution in [0.1, 0.15) is 469 Å². The van der Waals surface area contributed by atoms with Gasteiger partial charge < -0.3 is 20.4 Å². The fourth-order valence-electron chi connectivity index (χ4n) is 18.2. The number of halogens is 8. The molecule has 4 aliphatic rings. The fraction of sp³-hybridized carbons (Fsp3) is 0.673. The van der Waals surface area contributed by atoms with Gasteiger partial charge in [0.2, 0.25) is 0 Å². The molecule has 4 aliphatic carbocycles. The summed E-state index contributed by atoms with van der Waals surface area (Å²) in [7, 11) is 39.5. The molecule has 9 rings (SSSR count). The van der Waals surface area contributed by atoms with Crippen molar-refractivity contribution < 1.29 is 109 Å². The summed E-state index contributed by atoms with van der Waals surface area (Å²) in [4.78, 5) is 30.0. The number of nitro groups is 1. The molecule has 4 N–H and O–H groups in total. The first-order valence-electron chi connectivity index (χ1n) is 49.3. The molecule has 4 fully saturated rings. The zero-order chi connectivity index (χ0) is 93.5. The number of benzene rings is 5. The minimum absolute atomic E-state index is 0.0508. The van der Waals surface area contributed by atoms with E-state index in [2.05, 4.69) is 141 Å². The van der Waals surface area contributed by atoms with Crippen molar-refractivity contribution in [2.45, 2.75) is 451 Å². The second-order valence-corrected chi connectivity index (χ2v) is 50.2. The average molecular weight is 2230 g/mol. The third kappa shape index (κ3) is 53.7. The molecule has 712 valence electrons. The Morgan fingerprint density at radius 2 is 0.575 bits per heavy atom. The second kappa shape index (κ2) is 81.3. The number of aryl methyl sites for hydroxylation is 2. The van der Waals surface area contributed by atoms with Crippen molar-refractivity contribution in [2.24, 2.45) is 20.0 Å². The van der Waals surface area contributed by atoms with Crippen molar-refractivity contribution in [3.63, 3.8) is 0 Å². The molecule has 0 aromatic heterocycles.